The lowest BCUT2D eigenvalue weighted by molar-refractivity contribution is -0.152. The molecule has 0 fully saturated rings. The smallest absolute Gasteiger partial charge is 0.333 e. The van der Waals surface area contributed by atoms with E-state index >= 15 is 0 Å². The second kappa shape index (κ2) is 6.93. The molecule has 0 aliphatic heterocycles. The number of quaternary nitrogens is 2. The standard InChI is InChI=1S/C4H6O5.2H3N/c5-2(4(8)9)1-3(6)7;;/h2,5H,1H2,(H,6,7)(H,8,9);2*1H3/p+2. The highest BCUT2D eigenvalue weighted by atomic mass is 16.4. The number of carboxylic acid groups (broad SMARTS) is 2. The summed E-state index contributed by atoms with van der Waals surface area (Å²) in [7, 11) is 0. The van der Waals surface area contributed by atoms with Crippen molar-refractivity contribution in [2.45, 2.75) is 12.5 Å². The summed E-state index contributed by atoms with van der Waals surface area (Å²) in [6, 6.07) is 0. The third-order valence-corrected chi connectivity index (χ3v) is 0.653. The van der Waals surface area contributed by atoms with E-state index in [2.05, 4.69) is 0 Å². The maximum atomic E-state index is 9.72. The minimum atomic E-state index is -1.79. The number of hydrogen-bond acceptors (Lipinski definition) is 3. The zero-order chi connectivity index (χ0) is 7.44. The van der Waals surface area contributed by atoms with Gasteiger partial charge in [0.2, 0.25) is 0 Å². The zero-order valence-electron chi connectivity index (χ0n) is 6.44. The third kappa shape index (κ3) is 8.82. The van der Waals surface area contributed by atoms with E-state index in [4.69, 9.17) is 15.3 Å². The number of aliphatic hydroxyl groups excluding tert-OH is 1. The van der Waals surface area contributed by atoms with Crippen LogP contribution in [0.15, 0.2) is 0 Å². The molecule has 0 aromatic heterocycles. The first-order chi connectivity index (χ1) is 4.04. The highest BCUT2D eigenvalue weighted by molar-refractivity contribution is 5.79. The van der Waals surface area contributed by atoms with Gasteiger partial charge in [-0.2, -0.15) is 0 Å². The van der Waals surface area contributed by atoms with E-state index in [0.29, 0.717) is 0 Å². The molecule has 11 N–H and O–H groups in total. The van der Waals surface area contributed by atoms with Gasteiger partial charge in [-0.1, -0.05) is 0 Å². The summed E-state index contributed by atoms with van der Waals surface area (Å²) in [5.74, 6) is -2.85. The van der Waals surface area contributed by atoms with E-state index in [0.717, 1.165) is 0 Å². The molecule has 7 nitrogen and oxygen atoms in total. The van der Waals surface area contributed by atoms with Crippen LogP contribution in [0, 0.1) is 0 Å². The molecule has 0 aliphatic rings. The van der Waals surface area contributed by atoms with Crippen LogP contribution in [0.1, 0.15) is 6.42 Å². The summed E-state index contributed by atoms with van der Waals surface area (Å²) in [6.45, 7) is 0. The zero-order valence-corrected chi connectivity index (χ0v) is 6.44. The van der Waals surface area contributed by atoms with Gasteiger partial charge in [0.15, 0.2) is 6.10 Å². The van der Waals surface area contributed by atoms with Crippen LogP contribution in [-0.4, -0.2) is 33.4 Å². The van der Waals surface area contributed by atoms with Crippen molar-refractivity contribution < 1.29 is 24.9 Å². The van der Waals surface area contributed by atoms with Crippen molar-refractivity contribution in [1.29, 1.82) is 0 Å². The molecule has 0 aliphatic carbocycles. The van der Waals surface area contributed by atoms with Gasteiger partial charge in [0.05, 0.1) is 6.42 Å². The Kier molecular flexibility index (Phi) is 10.4. The SMILES string of the molecule is O=C(O)CC(O)C(=O)O.[NH4+].[NH4+]. The molecule has 68 valence electrons. The molecule has 0 rings (SSSR count). The Morgan fingerprint density at radius 3 is 1.64 bits per heavy atom. The van der Waals surface area contributed by atoms with Crippen molar-refractivity contribution in [3.05, 3.63) is 0 Å². The topological polar surface area (TPSA) is 168 Å². The van der Waals surface area contributed by atoms with E-state index in [-0.39, 0.29) is 12.3 Å². The number of aliphatic hydroxyl groups is 1. The first-order valence-corrected chi connectivity index (χ1v) is 2.16. The molecule has 0 saturated carbocycles. The Morgan fingerprint density at radius 1 is 1.18 bits per heavy atom. The average molecular weight is 170 g/mol. The summed E-state index contributed by atoms with van der Waals surface area (Å²) in [5.41, 5.74) is 0. The van der Waals surface area contributed by atoms with Gasteiger partial charge in [0.25, 0.3) is 0 Å². The van der Waals surface area contributed by atoms with Crippen molar-refractivity contribution in [3.8, 4) is 0 Å². The van der Waals surface area contributed by atoms with Gasteiger partial charge in [0, 0.05) is 0 Å². The van der Waals surface area contributed by atoms with Crippen molar-refractivity contribution in [2.75, 3.05) is 0 Å². The Balaban J connectivity index is -0.000000320. The first kappa shape index (κ1) is 16.4. The molecule has 1 unspecified atom stereocenters. The van der Waals surface area contributed by atoms with Gasteiger partial charge in [-0.15, -0.1) is 0 Å². The Bertz CT molecular complexity index is 136. The van der Waals surface area contributed by atoms with Crippen molar-refractivity contribution in [1.82, 2.24) is 12.3 Å². The number of aliphatic carboxylic acids is 2. The maximum Gasteiger partial charge on any atom is 0.333 e. The molecular weight excluding hydrogens is 156 g/mol. The molecule has 0 aromatic carbocycles. The lowest BCUT2D eigenvalue weighted by Gasteiger charge is -1.97. The predicted molar refractivity (Wildman–Crippen MR) is 37.9 cm³/mol. The molecular formula is C4H14N2O5+2. The number of hydrogen-bond donors (Lipinski definition) is 5. The minimum absolute atomic E-state index is 0. The van der Waals surface area contributed by atoms with Crippen LogP contribution >= 0.6 is 0 Å². The van der Waals surface area contributed by atoms with E-state index < -0.39 is 24.5 Å². The minimum Gasteiger partial charge on any atom is -0.481 e. The van der Waals surface area contributed by atoms with Gasteiger partial charge in [-0.3, -0.25) is 4.79 Å². The normalized spacial score (nSPS) is 10.3. The fourth-order valence-corrected chi connectivity index (χ4v) is 0.253. The summed E-state index contributed by atoms with van der Waals surface area (Å²) < 4.78 is 0. The fourth-order valence-electron chi connectivity index (χ4n) is 0.253. The van der Waals surface area contributed by atoms with Crippen molar-refractivity contribution >= 4 is 11.9 Å². The number of carboxylic acids is 2. The Morgan fingerprint density at radius 2 is 1.55 bits per heavy atom. The molecule has 0 radical (unpaired) electrons. The number of carbonyl (C=O) groups is 2. The molecule has 0 amide bonds. The highest BCUT2D eigenvalue weighted by Crippen LogP contribution is 1.89. The Labute approximate surface area is 62.8 Å². The van der Waals surface area contributed by atoms with Crippen LogP contribution in [0.4, 0.5) is 0 Å². The van der Waals surface area contributed by atoms with Crippen LogP contribution < -0.4 is 12.3 Å². The van der Waals surface area contributed by atoms with Gasteiger partial charge in [-0.25, -0.2) is 4.79 Å². The summed E-state index contributed by atoms with van der Waals surface area (Å²) in [6.07, 6.45) is -2.54. The third-order valence-electron chi connectivity index (χ3n) is 0.653. The predicted octanol–water partition coefficient (Wildman–Crippen LogP) is -0.341. The quantitative estimate of drug-likeness (QED) is 0.389. The lowest BCUT2D eigenvalue weighted by Crippen LogP contribution is -2.22. The number of rotatable bonds is 3. The average Bonchev–Trinajstić information content (AvgIpc) is 1.63. The Hall–Kier alpha value is -1.18. The second-order valence-corrected chi connectivity index (χ2v) is 1.45. The monoisotopic (exact) mass is 170 g/mol. The summed E-state index contributed by atoms with van der Waals surface area (Å²) in [4.78, 5) is 19.4. The van der Waals surface area contributed by atoms with E-state index in [1.54, 1.807) is 0 Å². The molecule has 1 atom stereocenters. The summed E-state index contributed by atoms with van der Waals surface area (Å²) >= 11 is 0. The van der Waals surface area contributed by atoms with Crippen LogP contribution in [0.2, 0.25) is 0 Å². The summed E-state index contributed by atoms with van der Waals surface area (Å²) in [5, 5.41) is 24.1. The van der Waals surface area contributed by atoms with Crippen LogP contribution in [0.5, 0.6) is 0 Å². The van der Waals surface area contributed by atoms with Gasteiger partial charge < -0.3 is 27.6 Å². The van der Waals surface area contributed by atoms with E-state index in [9.17, 15) is 9.59 Å². The molecule has 0 saturated heterocycles. The highest BCUT2D eigenvalue weighted by Gasteiger charge is 2.16. The van der Waals surface area contributed by atoms with Crippen molar-refractivity contribution in [3.63, 3.8) is 0 Å². The first-order valence-electron chi connectivity index (χ1n) is 2.16. The van der Waals surface area contributed by atoms with Crippen molar-refractivity contribution in [2.24, 2.45) is 0 Å². The second-order valence-electron chi connectivity index (χ2n) is 1.45. The van der Waals surface area contributed by atoms with Gasteiger partial charge in [0.1, 0.15) is 0 Å². The lowest BCUT2D eigenvalue weighted by atomic mass is 10.3. The van der Waals surface area contributed by atoms with E-state index in [1.165, 1.54) is 0 Å². The van der Waals surface area contributed by atoms with E-state index in [1.807, 2.05) is 0 Å². The van der Waals surface area contributed by atoms with Crippen LogP contribution in [0.3, 0.4) is 0 Å². The molecule has 0 aromatic rings. The molecule has 7 heteroatoms. The van der Waals surface area contributed by atoms with Gasteiger partial charge >= 0.3 is 11.9 Å². The van der Waals surface area contributed by atoms with Crippen LogP contribution in [-0.2, 0) is 9.59 Å². The molecule has 0 spiro atoms. The fraction of sp³-hybridized carbons (Fsp3) is 0.500. The largest absolute Gasteiger partial charge is 0.481 e. The van der Waals surface area contributed by atoms with Crippen LogP contribution in [0.25, 0.3) is 0 Å². The van der Waals surface area contributed by atoms with Gasteiger partial charge in [-0.05, 0) is 0 Å². The molecule has 0 bridgehead atoms. The molecule has 11 heavy (non-hydrogen) atoms. The maximum absolute atomic E-state index is 9.72. The molecule has 0 heterocycles.